The summed E-state index contributed by atoms with van der Waals surface area (Å²) in [6, 6.07) is 58.1. The van der Waals surface area contributed by atoms with Crippen molar-refractivity contribution in [2.24, 2.45) is 42.3 Å². The van der Waals surface area contributed by atoms with E-state index >= 15 is 0 Å². The van der Waals surface area contributed by atoms with E-state index in [-0.39, 0.29) is 13.4 Å². The van der Waals surface area contributed by atoms with Crippen LogP contribution >= 0.6 is 0 Å². The van der Waals surface area contributed by atoms with E-state index in [1.165, 1.54) is 149 Å². The summed E-state index contributed by atoms with van der Waals surface area (Å²) < 4.78 is 14.2. The highest BCUT2D eigenvalue weighted by molar-refractivity contribution is 6.96. The number of aromatic nitrogens is 7. The zero-order valence-corrected chi connectivity index (χ0v) is 49.2. The van der Waals surface area contributed by atoms with Crippen molar-refractivity contribution in [3.63, 3.8) is 0 Å². The maximum absolute atomic E-state index is 4.59. The van der Waals surface area contributed by atoms with Crippen LogP contribution in [0, 0.1) is 0 Å². The molecule has 0 fully saturated rings. The molecule has 0 radical (unpaired) electrons. The molecule has 13 aromatic rings. The Kier molecular flexibility index (Phi) is 11.2. The zero-order chi connectivity index (χ0) is 56.9. The van der Waals surface area contributed by atoms with Crippen molar-refractivity contribution < 1.29 is 27.4 Å². The summed E-state index contributed by atoms with van der Waals surface area (Å²) in [5.41, 5.74) is 30.7. The van der Waals surface area contributed by atoms with Gasteiger partial charge in [-0.05, 0) is 108 Å². The first-order chi connectivity index (χ1) is 41.6. The smallest absolute Gasteiger partial charge is 0.264 e. The number of rotatable bonds is 0. The molecule has 6 aliphatic heterocycles. The fourth-order valence-electron chi connectivity index (χ4n) is 17.0. The first-order valence-electron chi connectivity index (χ1n) is 30.4. The molecule has 0 spiro atoms. The van der Waals surface area contributed by atoms with Gasteiger partial charge in [0.1, 0.15) is 42.3 Å². The molecular formula is C75H64B3N7+6. The summed E-state index contributed by atoms with van der Waals surface area (Å²) in [4.78, 5) is 4.59. The van der Waals surface area contributed by atoms with Crippen LogP contribution in [0.15, 0.2) is 207 Å². The number of pyridine rings is 7. The van der Waals surface area contributed by atoms with E-state index in [4.69, 9.17) is 0 Å². The monoisotopic (exact) mass is 1100 g/mol. The molecule has 0 saturated heterocycles. The number of benzene rings is 6. The van der Waals surface area contributed by atoms with E-state index in [0.717, 1.165) is 38.5 Å². The van der Waals surface area contributed by atoms with Crippen LogP contribution in [0.3, 0.4) is 0 Å². The molecule has 13 heterocycles. The van der Waals surface area contributed by atoms with Gasteiger partial charge < -0.3 is 0 Å². The fraction of sp³-hybridized carbons (Fsp3) is 0.160. The van der Waals surface area contributed by atoms with Crippen LogP contribution in [0.4, 0.5) is 0 Å². The van der Waals surface area contributed by atoms with Crippen molar-refractivity contribution >= 4 is 113 Å². The Morgan fingerprint density at radius 1 is 0.271 bits per heavy atom. The van der Waals surface area contributed by atoms with Gasteiger partial charge in [0.05, 0.1) is 0 Å². The third kappa shape index (κ3) is 7.53. The summed E-state index contributed by atoms with van der Waals surface area (Å²) in [7, 11) is 13.3. The van der Waals surface area contributed by atoms with Gasteiger partial charge in [0.25, 0.3) is 0 Å². The van der Waals surface area contributed by atoms with Gasteiger partial charge in [0.2, 0.25) is 0 Å². The van der Waals surface area contributed by atoms with E-state index in [2.05, 4.69) is 282 Å². The second-order valence-corrected chi connectivity index (χ2v) is 25.0. The minimum Gasteiger partial charge on any atom is -0.264 e. The molecule has 85 heavy (non-hydrogen) atoms. The quantitative estimate of drug-likeness (QED) is 0.170. The lowest BCUT2D eigenvalue weighted by Gasteiger charge is -2.30. The topological polar surface area (TPSA) is 36.2 Å². The summed E-state index contributed by atoms with van der Waals surface area (Å²) in [5, 5.41) is 10.8. The molecule has 0 amide bonds. The van der Waals surface area contributed by atoms with Crippen molar-refractivity contribution in [3.8, 4) is 0 Å². The van der Waals surface area contributed by atoms with Crippen molar-refractivity contribution in [2.45, 2.75) is 38.5 Å². The SMILES string of the molecule is C[n+]1cc2ccccc2c2c1B1c3c(cccc3Cc3c1[n+](C)cc1ccccc31)C2.C[n+]1cccc2c1B1c3c(cccc3Cc3c1[n+](C)cc1ccccc31)C2.C[n+]1cccc2c1B1c3c(cncc3Cc3c1[n+](C)cc1ccccc31)C2. The summed E-state index contributed by atoms with van der Waals surface area (Å²) in [6.07, 6.45) is 23.8. The first kappa shape index (κ1) is 50.1. The van der Waals surface area contributed by atoms with Crippen LogP contribution in [-0.2, 0) is 80.8 Å². The lowest BCUT2D eigenvalue weighted by molar-refractivity contribution is -0.658. The van der Waals surface area contributed by atoms with E-state index in [9.17, 15) is 0 Å². The molecule has 0 bridgehead atoms. The van der Waals surface area contributed by atoms with Gasteiger partial charge >= 0.3 is 20.1 Å². The molecule has 0 aliphatic carbocycles. The first-order valence-corrected chi connectivity index (χ1v) is 30.4. The molecule has 0 unspecified atom stereocenters. The van der Waals surface area contributed by atoms with Crippen molar-refractivity contribution in [3.05, 3.63) is 274 Å². The number of nitrogens with zero attached hydrogens (tertiary/aromatic N) is 7. The maximum Gasteiger partial charge on any atom is 0.407 e. The third-order valence-electron chi connectivity index (χ3n) is 20.3. The lowest BCUT2D eigenvalue weighted by atomic mass is 9.33. The summed E-state index contributed by atoms with van der Waals surface area (Å²) in [6.45, 7) is 0.846. The van der Waals surface area contributed by atoms with Crippen LogP contribution < -0.4 is 77.4 Å². The second-order valence-electron chi connectivity index (χ2n) is 25.0. The Hall–Kier alpha value is -9.40. The molecular weight excluding hydrogens is 1030 g/mol. The third-order valence-corrected chi connectivity index (χ3v) is 20.3. The summed E-state index contributed by atoms with van der Waals surface area (Å²) in [5.74, 6) is 0. The van der Waals surface area contributed by atoms with Crippen LogP contribution in [-0.4, -0.2) is 25.1 Å². The molecule has 6 aromatic carbocycles. The van der Waals surface area contributed by atoms with Crippen LogP contribution in [0.1, 0.15) is 66.8 Å². The molecule has 6 aliphatic rings. The van der Waals surface area contributed by atoms with Gasteiger partial charge in [-0.2, -0.15) is 0 Å². The van der Waals surface area contributed by atoms with Gasteiger partial charge in [-0.15, -0.1) is 0 Å². The highest BCUT2D eigenvalue weighted by Crippen LogP contribution is 2.30. The van der Waals surface area contributed by atoms with Gasteiger partial charge in [-0.25, -0.2) is 27.4 Å². The molecule has 0 N–H and O–H groups in total. The Morgan fingerprint density at radius 3 is 0.929 bits per heavy atom. The lowest BCUT2D eigenvalue weighted by Crippen LogP contribution is -2.75. The normalized spacial score (nSPS) is 13.9. The standard InChI is InChI=1S/C28H23BN2.C24H21BN2.C23H20BN3/c1-30-16-20-8-3-5-12-22(20)24-14-18-10-7-11-19-15-25-23-13-6-4-9-21(23)17-31(2)28(25)29(26(18)19)27(24)30;1-26-12-6-10-18-13-16-8-5-9-17-14-21-20-11-4-3-7-19(20)15-27(2)24(21)25(22(16)17)23(18)26;1-26-9-5-7-15-10-17-12-25-13-18-11-20-19-8-4-3-6-16(19)14-27(2)23(20)24(21(17)18)22(15)26/h3-13,16-17H,14-15H2,1-2H3;3-12,15H,13-14H2,1-2H3;3-9,12-14H,10-11H2,1-2H3/q3*+2. The van der Waals surface area contributed by atoms with Crippen LogP contribution in [0.5, 0.6) is 0 Å². The Labute approximate surface area is 497 Å². The molecule has 402 valence electrons. The number of hydrogen-bond acceptors (Lipinski definition) is 1. The predicted molar refractivity (Wildman–Crippen MR) is 344 cm³/mol. The molecule has 19 rings (SSSR count). The predicted octanol–water partition coefficient (Wildman–Crippen LogP) is 2.99. The molecule has 7 nitrogen and oxygen atoms in total. The average molecular weight is 1100 g/mol. The number of fused-ring (bicyclic) bond motifs is 20. The summed E-state index contributed by atoms with van der Waals surface area (Å²) >= 11 is 0. The van der Waals surface area contributed by atoms with Crippen molar-refractivity contribution in [1.29, 1.82) is 0 Å². The molecule has 7 aromatic heterocycles. The van der Waals surface area contributed by atoms with Gasteiger partial charge in [-0.3, -0.25) is 4.98 Å². The van der Waals surface area contributed by atoms with Crippen molar-refractivity contribution in [2.75, 3.05) is 0 Å². The zero-order valence-electron chi connectivity index (χ0n) is 49.2. The highest BCUT2D eigenvalue weighted by Gasteiger charge is 2.52. The molecule has 0 saturated carbocycles. The minimum absolute atomic E-state index is 0.267. The fourth-order valence-corrected chi connectivity index (χ4v) is 17.0. The Balaban J connectivity index is 0.000000100. The van der Waals surface area contributed by atoms with Gasteiger partial charge in [0.15, 0.2) is 70.7 Å². The average Bonchev–Trinajstić information content (AvgIpc) is 2.34. The second kappa shape index (κ2) is 19.1. The Morgan fingerprint density at radius 2 is 0.553 bits per heavy atom. The van der Waals surface area contributed by atoms with Crippen LogP contribution in [0.2, 0.25) is 0 Å². The number of aryl methyl sites for hydroxylation is 6. The van der Waals surface area contributed by atoms with E-state index < -0.39 is 0 Å². The highest BCUT2D eigenvalue weighted by atomic mass is 15.0. The largest absolute Gasteiger partial charge is 0.407 e. The number of hydrogen-bond donors (Lipinski definition) is 0. The van der Waals surface area contributed by atoms with Gasteiger partial charge in [0, 0.05) is 118 Å². The molecule has 0 atom stereocenters. The Bertz CT molecular complexity index is 4750. The van der Waals surface area contributed by atoms with E-state index in [1.54, 1.807) is 10.9 Å². The minimum atomic E-state index is 0.267. The van der Waals surface area contributed by atoms with E-state index in [0.29, 0.717) is 6.71 Å². The van der Waals surface area contributed by atoms with E-state index in [1.807, 2.05) is 0 Å². The van der Waals surface area contributed by atoms with Gasteiger partial charge in [-0.1, -0.05) is 109 Å². The molecule has 10 heteroatoms. The van der Waals surface area contributed by atoms with Crippen LogP contribution in [0.25, 0.3) is 43.1 Å². The maximum atomic E-state index is 4.59. The van der Waals surface area contributed by atoms with Crippen molar-refractivity contribution in [1.82, 2.24) is 4.98 Å².